The molecule has 1 aromatic heterocycles. The summed E-state index contributed by atoms with van der Waals surface area (Å²) in [5.41, 5.74) is 1.58. The molecule has 0 unspecified atom stereocenters. The number of methoxy groups -OCH3 is 1. The first-order chi connectivity index (χ1) is 7.20. The Morgan fingerprint density at radius 3 is 2.67 bits per heavy atom. The average Bonchev–Trinajstić information content (AvgIpc) is 2.65. The van der Waals surface area contributed by atoms with Crippen molar-refractivity contribution >= 4 is 0 Å². The van der Waals surface area contributed by atoms with Gasteiger partial charge in [0.2, 0.25) is 0 Å². The first-order valence-electron chi connectivity index (χ1n) is 4.57. The maximum atomic E-state index is 13.4. The van der Waals surface area contributed by atoms with E-state index in [0.717, 1.165) is 5.69 Å². The predicted octanol–water partition coefficient (Wildman–Crippen LogP) is 2.33. The Morgan fingerprint density at radius 2 is 2.13 bits per heavy atom. The fourth-order valence-electron chi connectivity index (χ4n) is 1.36. The summed E-state index contributed by atoms with van der Waals surface area (Å²) in [5.74, 6) is -0.147. The second-order valence-corrected chi connectivity index (χ2v) is 3.22. The van der Waals surface area contributed by atoms with Crippen LogP contribution in [-0.2, 0) is 0 Å². The van der Waals surface area contributed by atoms with E-state index < -0.39 is 0 Å². The van der Waals surface area contributed by atoms with Gasteiger partial charge in [0, 0.05) is 12.3 Å². The summed E-state index contributed by atoms with van der Waals surface area (Å²) in [6.07, 6.45) is 1.79. The number of nitrogens with zero attached hydrogens (tertiary/aromatic N) is 2. The highest BCUT2D eigenvalue weighted by molar-refractivity contribution is 5.38. The zero-order valence-corrected chi connectivity index (χ0v) is 8.57. The van der Waals surface area contributed by atoms with Crippen LogP contribution < -0.4 is 4.74 Å². The van der Waals surface area contributed by atoms with Crippen LogP contribution in [0.25, 0.3) is 5.69 Å². The van der Waals surface area contributed by atoms with Crippen LogP contribution in [0.4, 0.5) is 4.39 Å². The van der Waals surface area contributed by atoms with Crippen molar-refractivity contribution in [2.24, 2.45) is 0 Å². The van der Waals surface area contributed by atoms with E-state index in [1.807, 2.05) is 13.0 Å². The summed E-state index contributed by atoms with van der Waals surface area (Å²) in [6, 6.07) is 6.60. The van der Waals surface area contributed by atoms with Gasteiger partial charge in [-0.25, -0.2) is 9.07 Å². The first kappa shape index (κ1) is 9.71. The third kappa shape index (κ3) is 1.83. The molecule has 0 spiro atoms. The Labute approximate surface area is 87.1 Å². The lowest BCUT2D eigenvalue weighted by Gasteiger charge is -2.04. The Balaban J connectivity index is 2.42. The van der Waals surface area contributed by atoms with Crippen LogP contribution in [0.15, 0.2) is 30.5 Å². The Hall–Kier alpha value is -1.84. The van der Waals surface area contributed by atoms with Gasteiger partial charge < -0.3 is 4.74 Å². The van der Waals surface area contributed by atoms with E-state index >= 15 is 0 Å². The molecule has 15 heavy (non-hydrogen) atoms. The molecule has 2 aromatic rings. The van der Waals surface area contributed by atoms with E-state index in [2.05, 4.69) is 5.10 Å². The van der Waals surface area contributed by atoms with Crippen molar-refractivity contribution in [2.45, 2.75) is 6.92 Å². The average molecular weight is 206 g/mol. The molecule has 0 radical (unpaired) electrons. The van der Waals surface area contributed by atoms with Crippen molar-refractivity contribution in [3.63, 3.8) is 0 Å². The minimum absolute atomic E-state index is 0.239. The van der Waals surface area contributed by atoms with Crippen LogP contribution in [0, 0.1) is 12.7 Å². The van der Waals surface area contributed by atoms with Crippen LogP contribution in [0.2, 0.25) is 0 Å². The van der Waals surface area contributed by atoms with Gasteiger partial charge in [-0.15, -0.1) is 0 Å². The number of aryl methyl sites for hydroxylation is 1. The van der Waals surface area contributed by atoms with Gasteiger partial charge >= 0.3 is 0 Å². The molecule has 0 saturated carbocycles. The summed E-state index contributed by atoms with van der Waals surface area (Å²) >= 11 is 0. The van der Waals surface area contributed by atoms with Gasteiger partial charge in [-0.3, -0.25) is 0 Å². The van der Waals surface area contributed by atoms with Gasteiger partial charge in [0.1, 0.15) is 0 Å². The van der Waals surface area contributed by atoms with Crippen LogP contribution in [0.5, 0.6) is 5.75 Å². The molecule has 0 atom stereocenters. The van der Waals surface area contributed by atoms with E-state index in [0.29, 0.717) is 5.69 Å². The molecule has 0 aliphatic carbocycles. The van der Waals surface area contributed by atoms with E-state index in [1.54, 1.807) is 23.0 Å². The lowest BCUT2D eigenvalue weighted by Crippen LogP contribution is -1.97. The number of halogens is 1. The molecule has 1 heterocycles. The molecular formula is C11H11FN2O. The largest absolute Gasteiger partial charge is 0.494 e. The van der Waals surface area contributed by atoms with E-state index in [4.69, 9.17) is 4.74 Å². The number of rotatable bonds is 2. The zero-order valence-electron chi connectivity index (χ0n) is 8.57. The Kier molecular flexibility index (Phi) is 2.41. The van der Waals surface area contributed by atoms with Crippen LogP contribution >= 0.6 is 0 Å². The Morgan fingerprint density at radius 1 is 1.33 bits per heavy atom. The van der Waals surface area contributed by atoms with Crippen molar-refractivity contribution in [3.8, 4) is 11.4 Å². The number of benzene rings is 1. The minimum Gasteiger partial charge on any atom is -0.494 e. The fraction of sp³-hybridized carbons (Fsp3) is 0.182. The van der Waals surface area contributed by atoms with Crippen molar-refractivity contribution in [2.75, 3.05) is 7.11 Å². The van der Waals surface area contributed by atoms with Gasteiger partial charge in [0.15, 0.2) is 11.6 Å². The lowest BCUT2D eigenvalue weighted by molar-refractivity contribution is 0.386. The fourth-order valence-corrected chi connectivity index (χ4v) is 1.36. The van der Waals surface area contributed by atoms with E-state index in [9.17, 15) is 4.39 Å². The second kappa shape index (κ2) is 3.73. The maximum absolute atomic E-state index is 13.4. The van der Waals surface area contributed by atoms with Crippen molar-refractivity contribution in [1.82, 2.24) is 9.78 Å². The molecule has 0 amide bonds. The van der Waals surface area contributed by atoms with Crippen molar-refractivity contribution < 1.29 is 9.13 Å². The molecule has 4 heteroatoms. The molecule has 3 nitrogen and oxygen atoms in total. The standard InChI is InChI=1S/C11H11FN2O/c1-8-5-6-14(13-8)9-3-4-11(15-2)10(12)7-9/h3-7H,1-2H3. The molecule has 0 aliphatic rings. The molecule has 0 aliphatic heterocycles. The van der Waals surface area contributed by atoms with Crippen LogP contribution in [0.1, 0.15) is 5.69 Å². The van der Waals surface area contributed by atoms with E-state index in [1.165, 1.54) is 13.2 Å². The highest BCUT2D eigenvalue weighted by atomic mass is 19.1. The molecule has 0 N–H and O–H groups in total. The predicted molar refractivity (Wildman–Crippen MR) is 54.8 cm³/mol. The molecular weight excluding hydrogens is 195 g/mol. The maximum Gasteiger partial charge on any atom is 0.167 e. The number of hydrogen-bond acceptors (Lipinski definition) is 2. The molecule has 78 valence electrons. The first-order valence-corrected chi connectivity index (χ1v) is 4.57. The highest BCUT2D eigenvalue weighted by Crippen LogP contribution is 2.19. The van der Waals surface area contributed by atoms with Gasteiger partial charge in [0.05, 0.1) is 18.5 Å². The molecule has 1 aromatic carbocycles. The summed E-state index contributed by atoms with van der Waals surface area (Å²) < 4.78 is 19.8. The summed E-state index contributed by atoms with van der Waals surface area (Å²) in [5, 5.41) is 4.19. The minimum atomic E-state index is -0.386. The van der Waals surface area contributed by atoms with Crippen LogP contribution in [-0.4, -0.2) is 16.9 Å². The normalized spacial score (nSPS) is 10.3. The topological polar surface area (TPSA) is 27.1 Å². The molecule has 0 bridgehead atoms. The Bertz CT molecular complexity index is 479. The number of aromatic nitrogens is 2. The summed E-state index contributed by atoms with van der Waals surface area (Å²) in [7, 11) is 1.44. The summed E-state index contributed by atoms with van der Waals surface area (Å²) in [4.78, 5) is 0. The van der Waals surface area contributed by atoms with Gasteiger partial charge in [-0.05, 0) is 25.1 Å². The van der Waals surface area contributed by atoms with Crippen molar-refractivity contribution in [3.05, 3.63) is 42.0 Å². The molecule has 0 fully saturated rings. The van der Waals surface area contributed by atoms with Gasteiger partial charge in [-0.1, -0.05) is 0 Å². The van der Waals surface area contributed by atoms with E-state index in [-0.39, 0.29) is 11.6 Å². The van der Waals surface area contributed by atoms with Crippen LogP contribution in [0.3, 0.4) is 0 Å². The van der Waals surface area contributed by atoms with Crippen molar-refractivity contribution in [1.29, 1.82) is 0 Å². The smallest absolute Gasteiger partial charge is 0.167 e. The lowest BCUT2D eigenvalue weighted by atomic mass is 10.3. The third-order valence-electron chi connectivity index (χ3n) is 2.12. The third-order valence-corrected chi connectivity index (χ3v) is 2.12. The molecule has 2 rings (SSSR count). The monoisotopic (exact) mass is 206 g/mol. The SMILES string of the molecule is COc1ccc(-n2ccc(C)n2)cc1F. The zero-order chi connectivity index (χ0) is 10.8. The highest BCUT2D eigenvalue weighted by Gasteiger charge is 2.05. The number of hydrogen-bond donors (Lipinski definition) is 0. The quantitative estimate of drug-likeness (QED) is 0.754. The van der Waals surface area contributed by atoms with Gasteiger partial charge in [-0.2, -0.15) is 5.10 Å². The summed E-state index contributed by atoms with van der Waals surface area (Å²) in [6.45, 7) is 1.89. The molecule has 0 saturated heterocycles. The number of ether oxygens (including phenoxy) is 1. The second-order valence-electron chi connectivity index (χ2n) is 3.22. The van der Waals surface area contributed by atoms with Gasteiger partial charge in [0.25, 0.3) is 0 Å².